The molecule has 5 rings (SSSR count). The first-order valence-electron chi connectivity index (χ1n) is 10.8. The van der Waals surface area contributed by atoms with Crippen molar-refractivity contribution in [2.75, 3.05) is 0 Å². The molecule has 6 heteroatoms. The van der Waals surface area contributed by atoms with Crippen LogP contribution in [0, 0.1) is 6.92 Å². The van der Waals surface area contributed by atoms with Crippen LogP contribution in [0.25, 0.3) is 11.1 Å². The van der Waals surface area contributed by atoms with Crippen LogP contribution in [0.5, 0.6) is 0 Å². The van der Waals surface area contributed by atoms with Gasteiger partial charge in [-0.1, -0.05) is 25.1 Å². The van der Waals surface area contributed by atoms with Gasteiger partial charge in [0, 0.05) is 35.1 Å². The Balaban J connectivity index is 1.73. The predicted octanol–water partition coefficient (Wildman–Crippen LogP) is 4.54. The van der Waals surface area contributed by atoms with Crippen LogP contribution < -0.4 is 10.6 Å². The van der Waals surface area contributed by atoms with E-state index >= 15 is 0 Å². The molecule has 0 saturated carbocycles. The lowest BCUT2D eigenvalue weighted by molar-refractivity contribution is -0.120. The van der Waals surface area contributed by atoms with Gasteiger partial charge in [0.2, 0.25) is 0 Å². The molecule has 2 unspecified atom stereocenters. The Morgan fingerprint density at radius 1 is 1.16 bits per heavy atom. The van der Waals surface area contributed by atoms with Gasteiger partial charge in [-0.05, 0) is 62.1 Å². The van der Waals surface area contributed by atoms with E-state index in [4.69, 9.17) is 0 Å². The molecule has 3 aliphatic heterocycles. The number of fused-ring (bicyclic) bond motifs is 1. The monoisotopic (exact) mass is 413 g/mol. The Morgan fingerprint density at radius 3 is 2.74 bits per heavy atom. The molecule has 31 heavy (non-hydrogen) atoms. The number of nitrogens with zero attached hydrogens (tertiary/aromatic N) is 3. The smallest absolute Gasteiger partial charge is 0.250 e. The van der Waals surface area contributed by atoms with Crippen LogP contribution in [-0.2, 0) is 10.2 Å². The van der Waals surface area contributed by atoms with Crippen LogP contribution in [0.15, 0.2) is 75.9 Å². The summed E-state index contributed by atoms with van der Waals surface area (Å²) in [6, 6.07) is 12.6. The highest BCUT2D eigenvalue weighted by atomic mass is 16.2. The largest absolute Gasteiger partial charge is 0.362 e. The van der Waals surface area contributed by atoms with Crippen molar-refractivity contribution in [3.8, 4) is 11.1 Å². The summed E-state index contributed by atoms with van der Waals surface area (Å²) in [7, 11) is 0. The zero-order valence-corrected chi connectivity index (χ0v) is 18.4. The first kappa shape index (κ1) is 19.7. The summed E-state index contributed by atoms with van der Waals surface area (Å²) in [6.07, 6.45) is 4.92. The average molecular weight is 414 g/mol. The third kappa shape index (κ3) is 3.00. The number of aryl methyl sites for hydroxylation is 1. The number of amides is 1. The fraction of sp³-hybridized carbons (Fsp3) is 0.360. The minimum atomic E-state index is -0.576. The fourth-order valence-corrected chi connectivity index (χ4v) is 5.30. The molecule has 3 aliphatic rings. The molecule has 4 heterocycles. The van der Waals surface area contributed by atoms with Crippen molar-refractivity contribution in [1.82, 2.24) is 15.6 Å². The molecule has 0 saturated heterocycles. The minimum Gasteiger partial charge on any atom is -0.362 e. The Hall–Kier alpha value is -3.28. The van der Waals surface area contributed by atoms with Crippen LogP contribution >= 0.6 is 0 Å². The Labute approximate surface area is 182 Å². The van der Waals surface area contributed by atoms with Crippen LogP contribution in [-0.4, -0.2) is 22.6 Å². The molecule has 1 aromatic heterocycles. The van der Waals surface area contributed by atoms with Crippen molar-refractivity contribution < 1.29 is 4.79 Å². The maximum absolute atomic E-state index is 13.5. The van der Waals surface area contributed by atoms with Gasteiger partial charge in [-0.3, -0.25) is 9.78 Å². The molecule has 1 aromatic carbocycles. The number of pyridine rings is 1. The molecule has 2 aromatic rings. The van der Waals surface area contributed by atoms with Crippen molar-refractivity contribution in [3.05, 3.63) is 76.9 Å². The molecule has 6 nitrogen and oxygen atoms in total. The summed E-state index contributed by atoms with van der Waals surface area (Å²) in [5, 5.41) is 15.4. The maximum Gasteiger partial charge on any atom is 0.250 e. The SMILES string of the molecule is CCC1(c2cccc(-c3ccnc(C)c3)c2)C2=CN=NC2NC2=C1C(=O)NC(C)(C)C2. The third-order valence-electron chi connectivity index (χ3n) is 6.62. The molecule has 0 bridgehead atoms. The highest BCUT2D eigenvalue weighted by Gasteiger charge is 2.53. The van der Waals surface area contributed by atoms with Gasteiger partial charge in [0.05, 0.1) is 17.2 Å². The molecule has 0 fully saturated rings. The number of rotatable bonds is 3. The topological polar surface area (TPSA) is 78.7 Å². The first-order valence-corrected chi connectivity index (χ1v) is 10.8. The third-order valence-corrected chi connectivity index (χ3v) is 6.62. The number of carbonyl (C=O) groups is 1. The second-order valence-electron chi connectivity index (χ2n) is 9.26. The van der Waals surface area contributed by atoms with E-state index in [9.17, 15) is 4.79 Å². The number of azo groups is 1. The van der Waals surface area contributed by atoms with Gasteiger partial charge in [-0.25, -0.2) is 0 Å². The molecular formula is C25H27N5O. The molecule has 2 N–H and O–H groups in total. The van der Waals surface area contributed by atoms with Gasteiger partial charge in [-0.15, -0.1) is 0 Å². The van der Waals surface area contributed by atoms with E-state index in [2.05, 4.69) is 76.9 Å². The molecule has 1 amide bonds. The molecule has 158 valence electrons. The van der Waals surface area contributed by atoms with Crippen LogP contribution in [0.2, 0.25) is 0 Å². The molecular weight excluding hydrogens is 386 g/mol. The molecule has 0 aliphatic carbocycles. The number of hydrogen-bond donors (Lipinski definition) is 2. The normalized spacial score (nSPS) is 26.0. The fourth-order valence-electron chi connectivity index (χ4n) is 5.30. The second-order valence-corrected chi connectivity index (χ2v) is 9.26. The van der Waals surface area contributed by atoms with Crippen LogP contribution in [0.4, 0.5) is 0 Å². The van der Waals surface area contributed by atoms with Gasteiger partial charge in [-0.2, -0.15) is 10.2 Å². The van der Waals surface area contributed by atoms with Gasteiger partial charge >= 0.3 is 0 Å². The lowest BCUT2D eigenvalue weighted by Crippen LogP contribution is -2.58. The van der Waals surface area contributed by atoms with Gasteiger partial charge in [0.25, 0.3) is 5.91 Å². The van der Waals surface area contributed by atoms with Crippen molar-refractivity contribution in [1.29, 1.82) is 0 Å². The standard InChI is InChI=1S/C25H27N5O/c1-5-25(18-8-6-7-16(12-18)17-9-10-26-15(2)11-17)19-14-27-30-22(19)28-20-13-24(3,4)29-23(31)21(20)25/h6-12,14,22,28H,5,13H2,1-4H3,(H,29,31). The molecule has 2 atom stereocenters. The van der Waals surface area contributed by atoms with E-state index in [0.29, 0.717) is 0 Å². The van der Waals surface area contributed by atoms with Gasteiger partial charge < -0.3 is 10.6 Å². The summed E-state index contributed by atoms with van der Waals surface area (Å²) in [5.74, 6) is -0.0167. The summed E-state index contributed by atoms with van der Waals surface area (Å²) in [6.45, 7) is 8.24. The lowest BCUT2D eigenvalue weighted by atomic mass is 9.62. The summed E-state index contributed by atoms with van der Waals surface area (Å²) < 4.78 is 0. The first-order chi connectivity index (χ1) is 14.8. The average Bonchev–Trinajstić information content (AvgIpc) is 3.20. The zero-order chi connectivity index (χ0) is 21.8. The van der Waals surface area contributed by atoms with E-state index in [1.807, 2.05) is 25.4 Å². The van der Waals surface area contributed by atoms with Gasteiger partial charge in [0.15, 0.2) is 6.17 Å². The minimum absolute atomic E-state index is 0.0167. The maximum atomic E-state index is 13.5. The predicted molar refractivity (Wildman–Crippen MR) is 120 cm³/mol. The zero-order valence-electron chi connectivity index (χ0n) is 18.4. The Morgan fingerprint density at radius 2 is 1.97 bits per heavy atom. The highest BCUT2D eigenvalue weighted by Crippen LogP contribution is 2.51. The number of nitrogens with one attached hydrogen (secondary N) is 2. The lowest BCUT2D eigenvalue weighted by Gasteiger charge is -2.48. The van der Waals surface area contributed by atoms with E-state index < -0.39 is 5.41 Å². The summed E-state index contributed by atoms with van der Waals surface area (Å²) in [4.78, 5) is 17.8. The molecule has 0 radical (unpaired) electrons. The highest BCUT2D eigenvalue weighted by molar-refractivity contribution is 6.00. The number of aromatic nitrogens is 1. The number of benzene rings is 1. The van der Waals surface area contributed by atoms with Crippen molar-refractivity contribution >= 4 is 5.91 Å². The number of hydrogen-bond acceptors (Lipinski definition) is 5. The quantitative estimate of drug-likeness (QED) is 0.776. The van der Waals surface area contributed by atoms with Gasteiger partial charge in [0.1, 0.15) is 0 Å². The summed E-state index contributed by atoms with van der Waals surface area (Å²) in [5.41, 5.74) is 6.21. The van der Waals surface area contributed by atoms with E-state index in [0.717, 1.165) is 52.1 Å². The van der Waals surface area contributed by atoms with E-state index in [1.165, 1.54) is 0 Å². The molecule has 0 spiro atoms. The van der Waals surface area contributed by atoms with Crippen LogP contribution in [0.3, 0.4) is 0 Å². The second kappa shape index (κ2) is 6.87. The Kier molecular flexibility index (Phi) is 4.36. The van der Waals surface area contributed by atoms with E-state index in [1.54, 1.807) is 0 Å². The van der Waals surface area contributed by atoms with Crippen molar-refractivity contribution in [2.45, 2.75) is 57.7 Å². The Bertz CT molecular complexity index is 1180. The van der Waals surface area contributed by atoms with Crippen molar-refractivity contribution in [3.63, 3.8) is 0 Å². The van der Waals surface area contributed by atoms with Crippen LogP contribution in [0.1, 0.15) is 44.9 Å². The van der Waals surface area contributed by atoms with E-state index in [-0.39, 0.29) is 17.6 Å². The van der Waals surface area contributed by atoms with Crippen molar-refractivity contribution in [2.24, 2.45) is 10.2 Å². The summed E-state index contributed by atoms with van der Waals surface area (Å²) >= 11 is 0. The number of carbonyl (C=O) groups excluding carboxylic acids is 1.